The number of carbonyl (C=O) groups is 1. The summed E-state index contributed by atoms with van der Waals surface area (Å²) in [5.74, 6) is 1.70. The summed E-state index contributed by atoms with van der Waals surface area (Å²) in [6.45, 7) is 5.63. The first-order valence-corrected chi connectivity index (χ1v) is 4.91. The molecule has 0 aliphatic carbocycles. The lowest BCUT2D eigenvalue weighted by atomic mass is 10.0. The number of aliphatic carboxylic acids is 1. The number of nitrogens with one attached hydrogen (secondary N) is 1. The van der Waals surface area contributed by atoms with Gasteiger partial charge in [-0.25, -0.2) is 0 Å². The molecule has 0 rings (SSSR count). The van der Waals surface area contributed by atoms with Gasteiger partial charge in [-0.05, 0) is 20.3 Å². The van der Waals surface area contributed by atoms with E-state index >= 15 is 0 Å². The fourth-order valence-electron chi connectivity index (χ4n) is 1.14. The van der Waals surface area contributed by atoms with Crippen LogP contribution >= 0.6 is 0 Å². The van der Waals surface area contributed by atoms with Gasteiger partial charge in [-0.3, -0.25) is 10.1 Å². The van der Waals surface area contributed by atoms with Gasteiger partial charge in [-0.1, -0.05) is 25.7 Å². The van der Waals surface area contributed by atoms with E-state index in [1.807, 2.05) is 6.92 Å². The number of carboxylic acids is 1. The van der Waals surface area contributed by atoms with Gasteiger partial charge in [0, 0.05) is 0 Å². The molecule has 1 unspecified atom stereocenters. The Morgan fingerprint density at radius 1 is 1.64 bits per heavy atom. The van der Waals surface area contributed by atoms with E-state index < -0.39 is 17.6 Å². The Morgan fingerprint density at radius 2 is 2.21 bits per heavy atom. The molecule has 0 radical (unpaired) electrons. The molecule has 1 atom stereocenters. The fraction of sp³-hybridized carbons (Fsp3) is 0.727. The van der Waals surface area contributed by atoms with Crippen molar-refractivity contribution in [1.29, 1.82) is 0 Å². The maximum absolute atomic E-state index is 10.9. The third kappa shape index (κ3) is 4.88. The summed E-state index contributed by atoms with van der Waals surface area (Å²) in [5.41, 5.74) is -0.559. The van der Waals surface area contributed by atoms with Gasteiger partial charge in [0.25, 0.3) is 0 Å². The molecule has 0 aromatic rings. The summed E-state index contributed by atoms with van der Waals surface area (Å²) < 4.78 is 0. The van der Waals surface area contributed by atoms with E-state index in [9.17, 15) is 4.79 Å². The molecular weight excluding hydrogens is 178 g/mol. The minimum absolute atomic E-state index is 0.541. The van der Waals surface area contributed by atoms with E-state index in [2.05, 4.69) is 11.2 Å². The molecule has 3 heteroatoms. The van der Waals surface area contributed by atoms with E-state index in [0.717, 1.165) is 12.8 Å². The normalized spacial score (nSPS) is 13.3. The van der Waals surface area contributed by atoms with Crippen LogP contribution in [0.5, 0.6) is 0 Å². The van der Waals surface area contributed by atoms with Crippen molar-refractivity contribution >= 4 is 5.97 Å². The van der Waals surface area contributed by atoms with Gasteiger partial charge in [-0.15, -0.1) is 6.42 Å². The summed E-state index contributed by atoms with van der Waals surface area (Å²) in [5, 5.41) is 11.9. The van der Waals surface area contributed by atoms with Crippen molar-refractivity contribution in [2.75, 3.05) is 0 Å². The highest BCUT2D eigenvalue weighted by Crippen LogP contribution is 2.07. The molecule has 0 amide bonds. The summed E-state index contributed by atoms with van der Waals surface area (Å²) >= 11 is 0. The molecular formula is C11H19NO2. The average molecular weight is 197 g/mol. The third-order valence-electron chi connectivity index (χ3n) is 2.04. The van der Waals surface area contributed by atoms with Crippen LogP contribution < -0.4 is 5.32 Å². The monoisotopic (exact) mass is 197 g/mol. The Hall–Kier alpha value is -1.01. The Morgan fingerprint density at radius 3 is 2.57 bits per heavy atom. The van der Waals surface area contributed by atoms with Gasteiger partial charge in [0.1, 0.15) is 6.04 Å². The van der Waals surface area contributed by atoms with Crippen molar-refractivity contribution in [1.82, 2.24) is 5.32 Å². The first-order chi connectivity index (χ1) is 6.43. The summed E-state index contributed by atoms with van der Waals surface area (Å²) in [4.78, 5) is 10.9. The van der Waals surface area contributed by atoms with Gasteiger partial charge in [0.15, 0.2) is 0 Å². The maximum atomic E-state index is 10.9. The summed E-state index contributed by atoms with van der Waals surface area (Å²) in [6.07, 6.45) is 7.78. The summed E-state index contributed by atoms with van der Waals surface area (Å²) in [6, 6.07) is -0.541. The number of unbranched alkanes of at least 4 members (excludes halogenated alkanes) is 1. The Labute approximate surface area is 85.9 Å². The molecule has 0 bridgehead atoms. The van der Waals surface area contributed by atoms with E-state index in [1.54, 1.807) is 13.8 Å². The molecule has 80 valence electrons. The zero-order valence-corrected chi connectivity index (χ0v) is 9.13. The van der Waals surface area contributed by atoms with Crippen molar-refractivity contribution in [2.45, 2.75) is 51.6 Å². The highest BCUT2D eigenvalue weighted by molar-refractivity contribution is 5.73. The zero-order chi connectivity index (χ0) is 11.2. The molecule has 14 heavy (non-hydrogen) atoms. The third-order valence-corrected chi connectivity index (χ3v) is 2.04. The Balaban J connectivity index is 4.24. The van der Waals surface area contributed by atoms with E-state index in [-0.39, 0.29) is 0 Å². The Kier molecular flexibility index (Phi) is 5.26. The molecule has 0 fully saturated rings. The molecule has 0 saturated heterocycles. The maximum Gasteiger partial charge on any atom is 0.320 e. The van der Waals surface area contributed by atoms with Crippen LogP contribution in [0.4, 0.5) is 0 Å². The number of hydrogen-bond acceptors (Lipinski definition) is 2. The smallest absolute Gasteiger partial charge is 0.320 e. The fourth-order valence-corrected chi connectivity index (χ4v) is 1.14. The molecule has 0 aromatic carbocycles. The van der Waals surface area contributed by atoms with Gasteiger partial charge >= 0.3 is 5.97 Å². The van der Waals surface area contributed by atoms with Crippen molar-refractivity contribution in [2.24, 2.45) is 0 Å². The van der Waals surface area contributed by atoms with E-state index in [1.165, 1.54) is 0 Å². The largest absolute Gasteiger partial charge is 0.480 e. The second-order valence-corrected chi connectivity index (χ2v) is 3.95. The van der Waals surface area contributed by atoms with Crippen LogP contribution in [-0.4, -0.2) is 22.7 Å². The van der Waals surface area contributed by atoms with Crippen LogP contribution in [0.25, 0.3) is 0 Å². The van der Waals surface area contributed by atoms with E-state index in [0.29, 0.717) is 6.42 Å². The quantitative estimate of drug-likeness (QED) is 0.636. The number of terminal acetylenes is 1. The minimum Gasteiger partial charge on any atom is -0.480 e. The molecule has 0 aliphatic heterocycles. The van der Waals surface area contributed by atoms with E-state index in [4.69, 9.17) is 11.5 Å². The topological polar surface area (TPSA) is 49.3 Å². The van der Waals surface area contributed by atoms with Gasteiger partial charge < -0.3 is 5.11 Å². The second kappa shape index (κ2) is 5.66. The van der Waals surface area contributed by atoms with Gasteiger partial charge in [-0.2, -0.15) is 0 Å². The average Bonchev–Trinajstić information content (AvgIpc) is 2.12. The summed E-state index contributed by atoms with van der Waals surface area (Å²) in [7, 11) is 0. The van der Waals surface area contributed by atoms with Crippen LogP contribution in [0.3, 0.4) is 0 Å². The molecule has 0 aliphatic rings. The SMILES string of the molecule is C#CC(C)(C)NC(CCCC)C(=O)O. The first kappa shape index (κ1) is 13.0. The predicted octanol–water partition coefficient (Wildman–Crippen LogP) is 1.63. The second-order valence-electron chi connectivity index (χ2n) is 3.95. The minimum atomic E-state index is -0.832. The van der Waals surface area contributed by atoms with Crippen LogP contribution in [0, 0.1) is 12.3 Å². The highest BCUT2D eigenvalue weighted by Gasteiger charge is 2.24. The van der Waals surface area contributed by atoms with Gasteiger partial charge in [0.05, 0.1) is 5.54 Å². The molecule has 2 N–H and O–H groups in total. The Bertz CT molecular complexity index is 228. The van der Waals surface area contributed by atoms with Crippen LogP contribution in [0.15, 0.2) is 0 Å². The lowest BCUT2D eigenvalue weighted by Gasteiger charge is -2.24. The molecule has 3 nitrogen and oxygen atoms in total. The van der Waals surface area contributed by atoms with Crippen LogP contribution in [0.1, 0.15) is 40.0 Å². The first-order valence-electron chi connectivity index (χ1n) is 4.91. The predicted molar refractivity (Wildman–Crippen MR) is 57.0 cm³/mol. The van der Waals surface area contributed by atoms with Crippen molar-refractivity contribution in [3.05, 3.63) is 0 Å². The molecule has 0 spiro atoms. The van der Waals surface area contributed by atoms with Crippen molar-refractivity contribution in [3.63, 3.8) is 0 Å². The number of hydrogen-bond donors (Lipinski definition) is 2. The van der Waals surface area contributed by atoms with Crippen LogP contribution in [-0.2, 0) is 4.79 Å². The standard InChI is InChI=1S/C11H19NO2/c1-5-7-8-9(10(13)14)12-11(3,4)6-2/h2,9,12H,5,7-8H2,1,3-4H3,(H,13,14). The highest BCUT2D eigenvalue weighted by atomic mass is 16.4. The molecule has 0 aromatic heterocycles. The molecule has 0 saturated carbocycles. The lowest BCUT2D eigenvalue weighted by Crippen LogP contribution is -2.48. The lowest BCUT2D eigenvalue weighted by molar-refractivity contribution is -0.140. The number of rotatable bonds is 6. The van der Waals surface area contributed by atoms with Crippen molar-refractivity contribution in [3.8, 4) is 12.3 Å². The van der Waals surface area contributed by atoms with Gasteiger partial charge in [0.2, 0.25) is 0 Å². The molecule has 0 heterocycles. The zero-order valence-electron chi connectivity index (χ0n) is 9.13. The number of carboxylic acid groups (broad SMARTS) is 1. The van der Waals surface area contributed by atoms with Crippen LogP contribution in [0.2, 0.25) is 0 Å². The van der Waals surface area contributed by atoms with Crippen molar-refractivity contribution < 1.29 is 9.90 Å².